The Kier molecular flexibility index (Phi) is 8.08. The van der Waals surface area contributed by atoms with Gasteiger partial charge >= 0.3 is 11.9 Å². The minimum atomic E-state index is -0.535. The first-order valence-electron chi connectivity index (χ1n) is 9.47. The topological polar surface area (TPSA) is 71.1 Å². The summed E-state index contributed by atoms with van der Waals surface area (Å²) >= 11 is 2.79. The third-order valence-corrected chi connectivity index (χ3v) is 6.60. The molecule has 0 saturated heterocycles. The average molecular weight is 471 g/mol. The highest BCUT2D eigenvalue weighted by atomic mass is 32.2. The van der Waals surface area contributed by atoms with E-state index in [-0.39, 0.29) is 11.1 Å². The predicted molar refractivity (Wildman–Crippen MR) is 123 cm³/mol. The molecule has 0 aliphatic rings. The lowest BCUT2D eigenvalue weighted by atomic mass is 10.1. The van der Waals surface area contributed by atoms with Crippen molar-refractivity contribution in [2.75, 3.05) is 28.4 Å². The molecular weight excluding hydrogens is 448 g/mol. The second-order valence-corrected chi connectivity index (χ2v) is 8.61. The van der Waals surface area contributed by atoms with Crippen LogP contribution in [-0.2, 0) is 9.47 Å². The van der Waals surface area contributed by atoms with E-state index < -0.39 is 11.9 Å². The molecule has 0 N–H and O–H groups in total. The Morgan fingerprint density at radius 1 is 0.594 bits per heavy atom. The van der Waals surface area contributed by atoms with Crippen molar-refractivity contribution in [3.05, 3.63) is 71.8 Å². The van der Waals surface area contributed by atoms with Gasteiger partial charge in [-0.2, -0.15) is 0 Å². The maximum Gasteiger partial charge on any atom is 0.339 e. The van der Waals surface area contributed by atoms with Gasteiger partial charge in [-0.05, 0) is 60.7 Å². The second kappa shape index (κ2) is 11.0. The zero-order valence-corrected chi connectivity index (χ0v) is 19.7. The summed E-state index contributed by atoms with van der Waals surface area (Å²) in [5.74, 6) is 0.401. The average Bonchev–Trinajstić information content (AvgIpc) is 2.84. The minimum absolute atomic E-state index is 0.285. The van der Waals surface area contributed by atoms with Gasteiger partial charge in [-0.3, -0.25) is 0 Å². The fourth-order valence-corrected chi connectivity index (χ4v) is 4.80. The van der Waals surface area contributed by atoms with E-state index in [2.05, 4.69) is 0 Å². The van der Waals surface area contributed by atoms with Crippen molar-refractivity contribution in [1.29, 1.82) is 0 Å². The number of esters is 2. The van der Waals surface area contributed by atoms with E-state index in [9.17, 15) is 9.59 Å². The van der Waals surface area contributed by atoms with Gasteiger partial charge in [0.15, 0.2) is 0 Å². The smallest absolute Gasteiger partial charge is 0.339 e. The number of rotatable bonds is 8. The molecule has 0 bridgehead atoms. The van der Waals surface area contributed by atoms with Crippen molar-refractivity contribution < 1.29 is 28.5 Å². The monoisotopic (exact) mass is 470 g/mol. The molecule has 32 heavy (non-hydrogen) atoms. The summed E-state index contributed by atoms with van der Waals surface area (Å²) in [6, 6.07) is 18.3. The molecule has 0 radical (unpaired) electrons. The molecule has 3 aromatic carbocycles. The van der Waals surface area contributed by atoms with Gasteiger partial charge in [-0.25, -0.2) is 9.59 Å². The maximum absolute atomic E-state index is 12.5. The van der Waals surface area contributed by atoms with Crippen molar-refractivity contribution in [3.8, 4) is 11.5 Å². The van der Waals surface area contributed by atoms with Gasteiger partial charge in [-0.1, -0.05) is 23.5 Å². The zero-order valence-electron chi connectivity index (χ0n) is 18.0. The summed E-state index contributed by atoms with van der Waals surface area (Å²) in [5.41, 5.74) is 0.570. The number of hydrogen-bond donors (Lipinski definition) is 0. The molecule has 0 aliphatic carbocycles. The van der Waals surface area contributed by atoms with Crippen LogP contribution in [-0.4, -0.2) is 40.4 Å². The molecule has 0 atom stereocenters. The Balaban J connectivity index is 2.06. The Bertz CT molecular complexity index is 1010. The molecule has 0 amide bonds. The fourth-order valence-electron chi connectivity index (χ4n) is 2.81. The van der Waals surface area contributed by atoms with E-state index in [0.29, 0.717) is 9.79 Å². The Morgan fingerprint density at radius 2 is 0.969 bits per heavy atom. The van der Waals surface area contributed by atoms with Crippen LogP contribution < -0.4 is 9.47 Å². The lowest BCUT2D eigenvalue weighted by Gasteiger charge is -2.14. The zero-order chi connectivity index (χ0) is 23.1. The first-order chi connectivity index (χ1) is 15.5. The highest BCUT2D eigenvalue weighted by Gasteiger charge is 2.22. The lowest BCUT2D eigenvalue weighted by Crippen LogP contribution is -2.09. The fraction of sp³-hybridized carbons (Fsp3) is 0.167. The van der Waals surface area contributed by atoms with Crippen molar-refractivity contribution in [3.63, 3.8) is 0 Å². The van der Waals surface area contributed by atoms with Gasteiger partial charge in [-0.15, -0.1) is 0 Å². The van der Waals surface area contributed by atoms with Crippen LogP contribution in [0.2, 0.25) is 0 Å². The van der Waals surface area contributed by atoms with E-state index in [1.165, 1.54) is 43.8 Å². The van der Waals surface area contributed by atoms with Crippen molar-refractivity contribution in [1.82, 2.24) is 0 Å². The van der Waals surface area contributed by atoms with Gasteiger partial charge < -0.3 is 18.9 Å². The van der Waals surface area contributed by atoms with Crippen LogP contribution in [0.1, 0.15) is 20.7 Å². The van der Waals surface area contributed by atoms with Crippen LogP contribution in [0.25, 0.3) is 0 Å². The maximum atomic E-state index is 12.5. The first kappa shape index (κ1) is 23.6. The quantitative estimate of drug-likeness (QED) is 0.395. The molecule has 0 aromatic heterocycles. The van der Waals surface area contributed by atoms with Gasteiger partial charge in [0.1, 0.15) is 11.5 Å². The second-order valence-electron chi connectivity index (χ2n) is 6.38. The normalized spacial score (nSPS) is 10.4. The molecular formula is C24H22O6S2. The molecule has 3 aromatic rings. The number of ether oxygens (including phenoxy) is 4. The molecule has 0 spiro atoms. The molecule has 3 rings (SSSR count). The van der Waals surface area contributed by atoms with Gasteiger partial charge in [0.25, 0.3) is 0 Å². The largest absolute Gasteiger partial charge is 0.497 e. The SMILES string of the molecule is COC(=O)c1cc(C(=O)OC)c(Sc2ccc(OC)cc2)cc1Sc1ccc(OC)cc1. The number of carbonyl (C=O) groups is 2. The van der Waals surface area contributed by atoms with E-state index in [0.717, 1.165) is 21.3 Å². The van der Waals surface area contributed by atoms with Crippen LogP contribution in [0.4, 0.5) is 0 Å². The lowest BCUT2D eigenvalue weighted by molar-refractivity contribution is 0.0594. The van der Waals surface area contributed by atoms with Crippen molar-refractivity contribution in [2.45, 2.75) is 19.6 Å². The minimum Gasteiger partial charge on any atom is -0.497 e. The molecule has 0 saturated carbocycles. The van der Waals surface area contributed by atoms with E-state index in [1.807, 2.05) is 54.6 Å². The van der Waals surface area contributed by atoms with Gasteiger partial charge in [0, 0.05) is 19.6 Å². The molecule has 0 heterocycles. The molecule has 166 valence electrons. The van der Waals surface area contributed by atoms with Crippen LogP contribution in [0.3, 0.4) is 0 Å². The van der Waals surface area contributed by atoms with Crippen molar-refractivity contribution >= 4 is 35.5 Å². The Hall–Kier alpha value is -3.10. The Morgan fingerprint density at radius 3 is 1.28 bits per heavy atom. The number of carbonyl (C=O) groups excluding carboxylic acids is 2. The van der Waals surface area contributed by atoms with Crippen LogP contribution in [0, 0.1) is 0 Å². The number of methoxy groups -OCH3 is 4. The molecule has 0 aliphatic heterocycles. The van der Waals surface area contributed by atoms with Crippen LogP contribution in [0.15, 0.2) is 80.2 Å². The Labute approximate surface area is 195 Å². The highest BCUT2D eigenvalue weighted by Crippen LogP contribution is 2.39. The summed E-state index contributed by atoms with van der Waals surface area (Å²) in [5, 5.41) is 0. The standard InChI is InChI=1S/C24H22O6S2/c1-27-15-5-9-17(10-6-15)31-21-14-22(32-18-11-7-16(28-2)8-12-18)20(24(26)30-4)13-19(21)23(25)29-3/h5-14H,1-4H3. The van der Waals surface area contributed by atoms with E-state index in [4.69, 9.17) is 18.9 Å². The summed E-state index contributed by atoms with van der Waals surface area (Å²) in [4.78, 5) is 28.1. The van der Waals surface area contributed by atoms with Gasteiger partial charge in [0.05, 0.1) is 39.6 Å². The number of benzene rings is 3. The van der Waals surface area contributed by atoms with Crippen LogP contribution >= 0.6 is 23.5 Å². The molecule has 0 fully saturated rings. The first-order valence-corrected chi connectivity index (χ1v) is 11.1. The molecule has 8 heteroatoms. The predicted octanol–water partition coefficient (Wildman–Crippen LogP) is 5.58. The third kappa shape index (κ3) is 5.57. The van der Waals surface area contributed by atoms with Crippen molar-refractivity contribution in [2.24, 2.45) is 0 Å². The third-order valence-electron chi connectivity index (χ3n) is 4.47. The van der Waals surface area contributed by atoms with Gasteiger partial charge in [0.2, 0.25) is 0 Å². The van der Waals surface area contributed by atoms with Crippen LogP contribution in [0.5, 0.6) is 11.5 Å². The summed E-state index contributed by atoms with van der Waals surface area (Å²) in [6.07, 6.45) is 0. The summed E-state index contributed by atoms with van der Waals surface area (Å²) in [7, 11) is 5.82. The molecule has 0 unspecified atom stereocenters. The number of hydrogen-bond acceptors (Lipinski definition) is 8. The van der Waals surface area contributed by atoms with E-state index in [1.54, 1.807) is 14.2 Å². The molecule has 6 nitrogen and oxygen atoms in total. The highest BCUT2D eigenvalue weighted by molar-refractivity contribution is 8.00. The summed E-state index contributed by atoms with van der Waals surface area (Å²) in [6.45, 7) is 0. The van der Waals surface area contributed by atoms with E-state index >= 15 is 0 Å². The summed E-state index contributed by atoms with van der Waals surface area (Å²) < 4.78 is 20.3.